The minimum Gasteiger partial charge on any atom is -0.384 e. The fourth-order valence-electron chi connectivity index (χ4n) is 1.52. The molecule has 0 saturated heterocycles. The van der Waals surface area contributed by atoms with Gasteiger partial charge in [-0.3, -0.25) is 0 Å². The van der Waals surface area contributed by atoms with Crippen LogP contribution in [0, 0.1) is 0 Å². The Hall–Kier alpha value is -0.570. The van der Waals surface area contributed by atoms with Crippen LogP contribution in [-0.4, -0.2) is 30.6 Å². The first-order valence-corrected chi connectivity index (χ1v) is 4.93. The van der Waals surface area contributed by atoms with Crippen LogP contribution < -0.4 is 0 Å². The largest absolute Gasteiger partial charge is 0.384 e. The molecule has 0 heterocycles. The van der Waals surface area contributed by atoms with Crippen LogP contribution in [0.1, 0.15) is 12.5 Å². The molecule has 0 bridgehead atoms. The average Bonchev–Trinajstić information content (AvgIpc) is 2.02. The molecule has 1 N–H and O–H groups in total. The predicted octanol–water partition coefficient (Wildman–Crippen LogP) is 2.11. The van der Waals surface area contributed by atoms with E-state index in [9.17, 15) is 5.11 Å². The topological polar surface area (TPSA) is 23.5 Å². The standard InChI is InChI=1S/C11H16ClNO/c1-11(14,8-13(2)3)9-4-6-10(12)7-5-9/h4-7,14H,8H2,1-3H3/t11-/m1/s1. The first kappa shape index (κ1) is 11.5. The normalized spacial score (nSPS) is 15.6. The SMILES string of the molecule is CN(C)C[C@@](C)(O)c1ccc(Cl)cc1. The molecule has 0 unspecified atom stereocenters. The molecule has 0 amide bonds. The van der Waals surface area contributed by atoms with Gasteiger partial charge in [0, 0.05) is 11.6 Å². The molecule has 0 spiro atoms. The van der Waals surface area contributed by atoms with Gasteiger partial charge in [-0.25, -0.2) is 0 Å². The summed E-state index contributed by atoms with van der Waals surface area (Å²) in [7, 11) is 3.87. The van der Waals surface area contributed by atoms with Gasteiger partial charge in [0.05, 0.1) is 5.60 Å². The minimum absolute atomic E-state index is 0.592. The van der Waals surface area contributed by atoms with Crippen molar-refractivity contribution >= 4 is 11.6 Å². The Morgan fingerprint density at radius 3 is 2.21 bits per heavy atom. The molecule has 0 aliphatic carbocycles. The van der Waals surface area contributed by atoms with Crippen LogP contribution in [0.3, 0.4) is 0 Å². The summed E-state index contributed by atoms with van der Waals surface area (Å²) >= 11 is 5.78. The molecule has 0 aromatic heterocycles. The van der Waals surface area contributed by atoms with E-state index in [1.54, 1.807) is 19.1 Å². The Morgan fingerprint density at radius 1 is 1.29 bits per heavy atom. The maximum absolute atomic E-state index is 10.2. The second-order valence-electron chi connectivity index (χ2n) is 4.02. The molecule has 1 atom stereocenters. The Balaban J connectivity index is 2.86. The molecule has 3 heteroatoms. The summed E-state index contributed by atoms with van der Waals surface area (Å²) < 4.78 is 0. The summed E-state index contributed by atoms with van der Waals surface area (Å²) in [5.41, 5.74) is 0.0595. The van der Waals surface area contributed by atoms with Crippen molar-refractivity contribution in [3.63, 3.8) is 0 Å². The van der Waals surface area contributed by atoms with Crippen LogP contribution in [-0.2, 0) is 5.60 Å². The maximum atomic E-state index is 10.2. The van der Waals surface area contributed by atoms with Crippen molar-refractivity contribution in [3.8, 4) is 0 Å². The summed E-state index contributed by atoms with van der Waals surface area (Å²) in [5, 5.41) is 10.9. The number of hydrogen-bond acceptors (Lipinski definition) is 2. The van der Waals surface area contributed by atoms with E-state index in [-0.39, 0.29) is 0 Å². The predicted molar refractivity (Wildman–Crippen MR) is 59.6 cm³/mol. The van der Waals surface area contributed by atoms with E-state index >= 15 is 0 Å². The highest BCUT2D eigenvalue weighted by Crippen LogP contribution is 2.22. The number of likely N-dealkylation sites (N-methyl/N-ethyl adjacent to an activating group) is 1. The first-order chi connectivity index (χ1) is 6.42. The van der Waals surface area contributed by atoms with E-state index in [0.717, 1.165) is 5.56 Å². The van der Waals surface area contributed by atoms with E-state index < -0.39 is 5.60 Å². The fraction of sp³-hybridized carbons (Fsp3) is 0.455. The van der Waals surface area contributed by atoms with Crippen LogP contribution >= 0.6 is 11.6 Å². The lowest BCUT2D eigenvalue weighted by Gasteiger charge is -2.27. The molecule has 0 radical (unpaired) electrons. The number of rotatable bonds is 3. The van der Waals surface area contributed by atoms with Crippen molar-refractivity contribution in [3.05, 3.63) is 34.9 Å². The van der Waals surface area contributed by atoms with Crippen molar-refractivity contribution in [1.82, 2.24) is 4.90 Å². The molecule has 1 aromatic rings. The zero-order valence-corrected chi connectivity index (χ0v) is 9.54. The van der Waals surface area contributed by atoms with E-state index in [0.29, 0.717) is 11.6 Å². The van der Waals surface area contributed by atoms with Crippen molar-refractivity contribution in [2.75, 3.05) is 20.6 Å². The molecule has 1 aromatic carbocycles. The van der Waals surface area contributed by atoms with E-state index in [1.165, 1.54) is 0 Å². The summed E-state index contributed by atoms with van der Waals surface area (Å²) in [6.45, 7) is 2.39. The highest BCUT2D eigenvalue weighted by atomic mass is 35.5. The quantitative estimate of drug-likeness (QED) is 0.832. The Bertz CT molecular complexity index is 293. The van der Waals surface area contributed by atoms with Gasteiger partial charge in [0.25, 0.3) is 0 Å². The molecule has 1 rings (SSSR count). The van der Waals surface area contributed by atoms with Crippen molar-refractivity contribution < 1.29 is 5.11 Å². The third-order valence-corrected chi connectivity index (χ3v) is 2.34. The van der Waals surface area contributed by atoms with Crippen LogP contribution in [0.4, 0.5) is 0 Å². The van der Waals surface area contributed by atoms with Gasteiger partial charge in [0.1, 0.15) is 0 Å². The second kappa shape index (κ2) is 4.30. The Morgan fingerprint density at radius 2 is 1.79 bits per heavy atom. The molecular weight excluding hydrogens is 198 g/mol. The van der Waals surface area contributed by atoms with Crippen LogP contribution in [0.5, 0.6) is 0 Å². The number of hydrogen-bond donors (Lipinski definition) is 1. The van der Waals surface area contributed by atoms with E-state index in [2.05, 4.69) is 0 Å². The zero-order chi connectivity index (χ0) is 10.8. The van der Waals surface area contributed by atoms with Gasteiger partial charge in [-0.2, -0.15) is 0 Å². The van der Waals surface area contributed by atoms with Gasteiger partial charge in [-0.1, -0.05) is 23.7 Å². The average molecular weight is 214 g/mol. The summed E-state index contributed by atoms with van der Waals surface area (Å²) in [6.07, 6.45) is 0. The molecule has 0 fully saturated rings. The second-order valence-corrected chi connectivity index (χ2v) is 4.45. The number of nitrogens with zero attached hydrogens (tertiary/aromatic N) is 1. The van der Waals surface area contributed by atoms with Crippen LogP contribution in [0.15, 0.2) is 24.3 Å². The van der Waals surface area contributed by atoms with Gasteiger partial charge < -0.3 is 10.0 Å². The molecule has 0 saturated carbocycles. The number of benzene rings is 1. The molecule has 0 aliphatic heterocycles. The smallest absolute Gasteiger partial charge is 0.0994 e. The monoisotopic (exact) mass is 213 g/mol. The third-order valence-electron chi connectivity index (χ3n) is 2.09. The van der Waals surface area contributed by atoms with Crippen LogP contribution in [0.25, 0.3) is 0 Å². The summed E-state index contributed by atoms with van der Waals surface area (Å²) in [5.74, 6) is 0. The summed E-state index contributed by atoms with van der Waals surface area (Å²) in [6, 6.07) is 7.29. The fourth-order valence-corrected chi connectivity index (χ4v) is 1.64. The maximum Gasteiger partial charge on any atom is 0.0994 e. The molecule has 78 valence electrons. The minimum atomic E-state index is -0.825. The Labute approximate surface area is 90.1 Å². The van der Waals surface area contributed by atoms with Gasteiger partial charge in [0.2, 0.25) is 0 Å². The van der Waals surface area contributed by atoms with Gasteiger partial charge in [-0.15, -0.1) is 0 Å². The van der Waals surface area contributed by atoms with Crippen molar-refractivity contribution in [2.45, 2.75) is 12.5 Å². The van der Waals surface area contributed by atoms with Crippen molar-refractivity contribution in [2.24, 2.45) is 0 Å². The number of aliphatic hydroxyl groups is 1. The zero-order valence-electron chi connectivity index (χ0n) is 8.79. The lowest BCUT2D eigenvalue weighted by molar-refractivity contribution is 0.0300. The molecule has 0 aliphatic rings. The first-order valence-electron chi connectivity index (χ1n) is 4.55. The lowest BCUT2D eigenvalue weighted by atomic mass is 9.96. The van der Waals surface area contributed by atoms with E-state index in [1.807, 2.05) is 31.1 Å². The van der Waals surface area contributed by atoms with Gasteiger partial charge >= 0.3 is 0 Å². The highest BCUT2D eigenvalue weighted by molar-refractivity contribution is 6.30. The third kappa shape index (κ3) is 2.98. The van der Waals surface area contributed by atoms with Gasteiger partial charge in [0.15, 0.2) is 0 Å². The van der Waals surface area contributed by atoms with Gasteiger partial charge in [-0.05, 0) is 38.7 Å². The van der Waals surface area contributed by atoms with E-state index in [4.69, 9.17) is 11.6 Å². The Kier molecular flexibility index (Phi) is 3.53. The summed E-state index contributed by atoms with van der Waals surface area (Å²) in [4.78, 5) is 1.95. The molecular formula is C11H16ClNO. The molecule has 2 nitrogen and oxygen atoms in total. The van der Waals surface area contributed by atoms with Crippen LogP contribution in [0.2, 0.25) is 5.02 Å². The molecule has 14 heavy (non-hydrogen) atoms. The number of halogens is 1. The highest BCUT2D eigenvalue weighted by Gasteiger charge is 2.23. The van der Waals surface area contributed by atoms with Crippen molar-refractivity contribution in [1.29, 1.82) is 0 Å². The lowest BCUT2D eigenvalue weighted by Crippen LogP contribution is -2.34.